The van der Waals surface area contributed by atoms with E-state index in [0.29, 0.717) is 34.6 Å². The van der Waals surface area contributed by atoms with Crippen LogP contribution in [0.2, 0.25) is 0 Å². The molecule has 0 N–H and O–H groups in total. The number of aromatic nitrogens is 2. The van der Waals surface area contributed by atoms with Gasteiger partial charge in [-0.05, 0) is 81.1 Å². The Labute approximate surface area is 252 Å². The monoisotopic (exact) mass is 584 g/mol. The lowest BCUT2D eigenvalue weighted by Gasteiger charge is -2.19. The van der Waals surface area contributed by atoms with Crippen molar-refractivity contribution in [1.29, 1.82) is 0 Å². The van der Waals surface area contributed by atoms with Crippen LogP contribution in [0.5, 0.6) is 11.5 Å². The van der Waals surface area contributed by atoms with Crippen molar-refractivity contribution in [3.05, 3.63) is 81.6 Å². The van der Waals surface area contributed by atoms with Crippen LogP contribution in [0.1, 0.15) is 57.2 Å². The first kappa shape index (κ1) is 31.3. The van der Waals surface area contributed by atoms with Crippen LogP contribution >= 0.6 is 0 Å². The van der Waals surface area contributed by atoms with Crippen molar-refractivity contribution in [2.75, 3.05) is 32.2 Å². The highest BCUT2D eigenvalue weighted by molar-refractivity contribution is 5.86. The number of hydrogen-bond donors (Lipinski definition) is 0. The maximum Gasteiger partial charge on any atom is 0.347 e. The zero-order valence-electron chi connectivity index (χ0n) is 26.2. The molecule has 9 nitrogen and oxygen atoms in total. The van der Waals surface area contributed by atoms with Crippen LogP contribution in [0.25, 0.3) is 22.3 Å². The van der Waals surface area contributed by atoms with Crippen LogP contribution in [0.15, 0.2) is 64.5 Å². The van der Waals surface area contributed by atoms with Crippen molar-refractivity contribution in [2.45, 2.75) is 53.6 Å². The van der Waals surface area contributed by atoms with E-state index in [1.807, 2.05) is 75.3 Å². The lowest BCUT2D eigenvalue weighted by Crippen LogP contribution is -2.26. The van der Waals surface area contributed by atoms with E-state index in [9.17, 15) is 9.59 Å². The molecule has 9 heteroatoms. The van der Waals surface area contributed by atoms with E-state index in [1.54, 1.807) is 32.2 Å². The second kappa shape index (κ2) is 13.5. The first-order valence-corrected chi connectivity index (χ1v) is 14.5. The second-order valence-corrected chi connectivity index (χ2v) is 10.7. The lowest BCUT2D eigenvalue weighted by atomic mass is 9.96. The number of fused-ring (bicyclic) bond motifs is 1. The molecule has 1 heterocycles. The number of ether oxygens (including phenoxy) is 3. The lowest BCUT2D eigenvalue weighted by molar-refractivity contribution is -0.150. The maximum atomic E-state index is 13.9. The summed E-state index contributed by atoms with van der Waals surface area (Å²) in [7, 11) is 3.83. The zero-order chi connectivity index (χ0) is 31.3. The summed E-state index contributed by atoms with van der Waals surface area (Å²) in [4.78, 5) is 33.1. The molecule has 0 spiro atoms. The molecule has 1 aromatic heterocycles. The number of para-hydroxylation sites is 1. The van der Waals surface area contributed by atoms with Crippen molar-refractivity contribution < 1.29 is 19.0 Å². The predicted octanol–water partition coefficient (Wildman–Crippen LogP) is 6.17. The minimum absolute atomic E-state index is 0.182. The van der Waals surface area contributed by atoms with E-state index in [1.165, 1.54) is 4.68 Å². The fourth-order valence-corrected chi connectivity index (χ4v) is 4.70. The largest absolute Gasteiger partial charge is 0.494 e. The zero-order valence-corrected chi connectivity index (χ0v) is 26.2. The molecule has 43 heavy (non-hydrogen) atoms. The van der Waals surface area contributed by atoms with Crippen LogP contribution in [0, 0.1) is 6.92 Å². The normalized spacial score (nSPS) is 12.1. The van der Waals surface area contributed by atoms with Crippen LogP contribution in [-0.2, 0) is 9.53 Å². The summed E-state index contributed by atoms with van der Waals surface area (Å²) in [6.45, 7) is 12.3. The van der Waals surface area contributed by atoms with Gasteiger partial charge in [0.15, 0.2) is 11.9 Å². The van der Waals surface area contributed by atoms with Gasteiger partial charge < -0.3 is 19.1 Å². The Morgan fingerprint density at radius 2 is 1.77 bits per heavy atom. The fraction of sp³-hybridized carbons (Fsp3) is 0.353. The summed E-state index contributed by atoms with van der Waals surface area (Å²) in [6, 6.07) is 16.8. The van der Waals surface area contributed by atoms with Crippen LogP contribution in [0.3, 0.4) is 0 Å². The van der Waals surface area contributed by atoms with Gasteiger partial charge in [0, 0.05) is 37.0 Å². The van der Waals surface area contributed by atoms with E-state index in [4.69, 9.17) is 19.2 Å². The van der Waals surface area contributed by atoms with Crippen molar-refractivity contribution in [1.82, 2.24) is 9.66 Å². The third-order valence-corrected chi connectivity index (χ3v) is 7.02. The van der Waals surface area contributed by atoms with Gasteiger partial charge in [-0.2, -0.15) is 9.78 Å². The molecule has 0 aliphatic carbocycles. The van der Waals surface area contributed by atoms with Gasteiger partial charge in [0.1, 0.15) is 11.5 Å². The number of carbonyl (C=O) groups excluding carboxylic acids is 1. The molecule has 0 aliphatic heterocycles. The van der Waals surface area contributed by atoms with Crippen LogP contribution < -0.4 is 19.9 Å². The molecule has 1 atom stereocenters. The van der Waals surface area contributed by atoms with E-state index in [-0.39, 0.29) is 18.1 Å². The molecular weight excluding hydrogens is 544 g/mol. The number of carbonyl (C=O) groups is 1. The molecule has 0 radical (unpaired) electrons. The van der Waals surface area contributed by atoms with Gasteiger partial charge >= 0.3 is 5.97 Å². The Hall–Kier alpha value is -4.66. The molecule has 0 bridgehead atoms. The Balaban J connectivity index is 1.91. The topological polar surface area (TPSA) is 95.2 Å². The average molecular weight is 585 g/mol. The summed E-state index contributed by atoms with van der Waals surface area (Å²) in [5, 5.41) is 5.13. The standard InChI is InChI=1S/C34H40N4O5/c1-9-41-31-17-22(5)28(19-27(31)21(3)4)32-36-29-14-12-11-13-26(29)33(39)38(32)35-20-24-15-16-25(37(7)8)18-30(24)43-23(6)34(40)42-10-2/h11-21,23H,9-10H2,1-8H3/t23-/m0/s1. The number of benzene rings is 3. The number of nitrogens with zero attached hydrogens (tertiary/aromatic N) is 4. The van der Waals surface area contributed by atoms with Crippen LogP contribution in [-0.4, -0.2) is 55.3 Å². The smallest absolute Gasteiger partial charge is 0.347 e. The quantitative estimate of drug-likeness (QED) is 0.154. The van der Waals surface area contributed by atoms with Crippen molar-refractivity contribution in [3.63, 3.8) is 0 Å². The number of rotatable bonds is 11. The Kier molecular flexibility index (Phi) is 9.85. The SMILES string of the molecule is CCOC(=O)[C@H](C)Oc1cc(N(C)C)ccc1C=Nn1c(-c2cc(C(C)C)c(OCC)cc2C)nc2ccccc2c1=O. The molecule has 0 saturated heterocycles. The summed E-state index contributed by atoms with van der Waals surface area (Å²) in [6.07, 6.45) is 0.715. The summed E-state index contributed by atoms with van der Waals surface area (Å²) < 4.78 is 18.4. The third-order valence-electron chi connectivity index (χ3n) is 7.02. The molecule has 4 rings (SSSR count). The molecule has 0 unspecified atom stereocenters. The molecule has 4 aromatic rings. The van der Waals surface area contributed by atoms with Crippen molar-refractivity contribution in [2.24, 2.45) is 5.10 Å². The molecular formula is C34H40N4O5. The number of hydrogen-bond acceptors (Lipinski definition) is 8. The van der Waals surface area contributed by atoms with Gasteiger partial charge in [0.25, 0.3) is 5.56 Å². The van der Waals surface area contributed by atoms with Gasteiger partial charge in [0.05, 0.1) is 30.3 Å². The third kappa shape index (κ3) is 6.88. The molecule has 0 aliphatic rings. The van der Waals surface area contributed by atoms with Gasteiger partial charge in [-0.1, -0.05) is 26.0 Å². The first-order chi connectivity index (χ1) is 20.5. The van der Waals surface area contributed by atoms with Crippen molar-refractivity contribution >= 4 is 28.8 Å². The minimum Gasteiger partial charge on any atom is -0.494 e. The molecule has 0 amide bonds. The Morgan fingerprint density at radius 1 is 1.02 bits per heavy atom. The van der Waals surface area contributed by atoms with E-state index in [0.717, 1.165) is 28.1 Å². The van der Waals surface area contributed by atoms with E-state index >= 15 is 0 Å². The van der Waals surface area contributed by atoms with Gasteiger partial charge in [-0.15, -0.1) is 0 Å². The predicted molar refractivity (Wildman–Crippen MR) is 172 cm³/mol. The number of aryl methyl sites for hydroxylation is 1. The number of anilines is 1. The minimum atomic E-state index is -0.842. The molecule has 226 valence electrons. The van der Waals surface area contributed by atoms with Crippen molar-refractivity contribution in [3.8, 4) is 22.9 Å². The van der Waals surface area contributed by atoms with E-state index in [2.05, 4.69) is 18.9 Å². The average Bonchev–Trinajstić information content (AvgIpc) is 2.97. The molecule has 3 aromatic carbocycles. The maximum absolute atomic E-state index is 13.9. The van der Waals surface area contributed by atoms with Gasteiger partial charge in [-0.25, -0.2) is 9.78 Å². The Morgan fingerprint density at radius 3 is 2.44 bits per heavy atom. The van der Waals surface area contributed by atoms with Crippen LogP contribution in [0.4, 0.5) is 5.69 Å². The highest BCUT2D eigenvalue weighted by Gasteiger charge is 2.20. The second-order valence-electron chi connectivity index (χ2n) is 10.7. The Bertz CT molecular complexity index is 1710. The summed E-state index contributed by atoms with van der Waals surface area (Å²) >= 11 is 0. The fourth-order valence-electron chi connectivity index (χ4n) is 4.70. The molecule has 0 saturated carbocycles. The first-order valence-electron chi connectivity index (χ1n) is 14.5. The summed E-state index contributed by atoms with van der Waals surface area (Å²) in [5.74, 6) is 1.37. The highest BCUT2D eigenvalue weighted by Crippen LogP contribution is 2.34. The summed E-state index contributed by atoms with van der Waals surface area (Å²) in [5.41, 5.74) is 4.44. The van der Waals surface area contributed by atoms with E-state index < -0.39 is 12.1 Å². The highest BCUT2D eigenvalue weighted by atomic mass is 16.6. The molecule has 0 fully saturated rings. The number of esters is 1. The van der Waals surface area contributed by atoms with Gasteiger partial charge in [0.2, 0.25) is 0 Å². The van der Waals surface area contributed by atoms with Gasteiger partial charge in [-0.3, -0.25) is 4.79 Å².